The zero-order valence-electron chi connectivity index (χ0n) is 15.7. The summed E-state index contributed by atoms with van der Waals surface area (Å²) in [7, 11) is 0. The van der Waals surface area contributed by atoms with Crippen molar-refractivity contribution in [3.63, 3.8) is 0 Å². The van der Waals surface area contributed by atoms with Crippen LogP contribution in [-0.2, 0) is 4.79 Å². The minimum absolute atomic E-state index is 0.131. The molecule has 0 unspecified atom stereocenters. The zero-order chi connectivity index (χ0) is 20.1. The Morgan fingerprint density at radius 3 is 2.68 bits per heavy atom. The molecular weight excluding hydrogens is 394 g/mol. The Balaban J connectivity index is 1.59. The average Bonchev–Trinajstić information content (AvgIpc) is 3.07. The Labute approximate surface area is 173 Å². The van der Waals surface area contributed by atoms with E-state index in [9.17, 15) is 4.79 Å². The molecule has 0 spiro atoms. The van der Waals surface area contributed by atoms with E-state index in [4.69, 9.17) is 17.4 Å². The number of hydrogen-bond donors (Lipinski definition) is 2. The van der Waals surface area contributed by atoms with Crippen LogP contribution in [0.2, 0.25) is 5.02 Å². The van der Waals surface area contributed by atoms with Gasteiger partial charge >= 0.3 is 0 Å². The Kier molecular flexibility index (Phi) is 6.59. The van der Waals surface area contributed by atoms with Gasteiger partial charge in [0.2, 0.25) is 11.1 Å². The van der Waals surface area contributed by atoms with E-state index in [-0.39, 0.29) is 11.7 Å². The molecule has 0 radical (unpaired) electrons. The van der Waals surface area contributed by atoms with Crippen LogP contribution in [0, 0.1) is 0 Å². The Bertz CT molecular complexity index is 957. The summed E-state index contributed by atoms with van der Waals surface area (Å²) in [6.45, 7) is 4.34. The number of amides is 1. The van der Waals surface area contributed by atoms with Gasteiger partial charge in [0.15, 0.2) is 5.82 Å². The van der Waals surface area contributed by atoms with Gasteiger partial charge in [-0.25, -0.2) is 4.68 Å². The molecule has 0 saturated carbocycles. The van der Waals surface area contributed by atoms with Crippen LogP contribution in [0.3, 0.4) is 0 Å². The van der Waals surface area contributed by atoms with Crippen LogP contribution in [0.15, 0.2) is 53.7 Å². The van der Waals surface area contributed by atoms with Crippen molar-refractivity contribution < 1.29 is 4.79 Å². The SMILES string of the molecule is CC[C@H](C)c1ccc(NC(=O)CSc2nnc(-c3cccc(Cl)c3)n2N)cc1. The predicted octanol–water partition coefficient (Wildman–Crippen LogP) is 4.56. The van der Waals surface area contributed by atoms with Crippen molar-refractivity contribution in [1.29, 1.82) is 0 Å². The van der Waals surface area contributed by atoms with Crippen LogP contribution >= 0.6 is 23.4 Å². The normalized spacial score (nSPS) is 12.0. The van der Waals surface area contributed by atoms with Gasteiger partial charge in [0, 0.05) is 16.3 Å². The molecule has 0 bridgehead atoms. The number of halogens is 1. The number of aromatic nitrogens is 3. The maximum atomic E-state index is 12.2. The summed E-state index contributed by atoms with van der Waals surface area (Å²) in [4.78, 5) is 12.2. The smallest absolute Gasteiger partial charge is 0.234 e. The van der Waals surface area contributed by atoms with Crippen LogP contribution < -0.4 is 11.2 Å². The molecule has 1 amide bonds. The highest BCUT2D eigenvalue weighted by Gasteiger charge is 2.14. The minimum Gasteiger partial charge on any atom is -0.335 e. The van der Waals surface area contributed by atoms with E-state index in [2.05, 4.69) is 29.4 Å². The number of anilines is 1. The highest BCUT2D eigenvalue weighted by atomic mass is 35.5. The van der Waals surface area contributed by atoms with E-state index >= 15 is 0 Å². The number of nitrogens with zero attached hydrogens (tertiary/aromatic N) is 3. The fraction of sp³-hybridized carbons (Fsp3) is 0.250. The van der Waals surface area contributed by atoms with Crippen molar-refractivity contribution >= 4 is 35.0 Å². The van der Waals surface area contributed by atoms with Crippen molar-refractivity contribution in [2.45, 2.75) is 31.3 Å². The van der Waals surface area contributed by atoms with Crippen LogP contribution in [0.25, 0.3) is 11.4 Å². The molecule has 3 rings (SSSR count). The Morgan fingerprint density at radius 1 is 1.25 bits per heavy atom. The number of nitrogens with one attached hydrogen (secondary N) is 1. The van der Waals surface area contributed by atoms with Gasteiger partial charge in [-0.2, -0.15) is 0 Å². The van der Waals surface area contributed by atoms with Gasteiger partial charge in [0.05, 0.1) is 5.75 Å². The average molecular weight is 416 g/mol. The third kappa shape index (κ3) is 4.85. The van der Waals surface area contributed by atoms with Crippen molar-refractivity contribution in [3.8, 4) is 11.4 Å². The fourth-order valence-corrected chi connectivity index (χ4v) is 3.50. The second-order valence-corrected chi connectivity index (χ2v) is 7.83. The van der Waals surface area contributed by atoms with E-state index in [0.29, 0.717) is 21.9 Å². The molecule has 2 aromatic carbocycles. The third-order valence-electron chi connectivity index (χ3n) is 4.46. The highest BCUT2D eigenvalue weighted by molar-refractivity contribution is 7.99. The number of hydrogen-bond acceptors (Lipinski definition) is 5. The molecule has 146 valence electrons. The van der Waals surface area contributed by atoms with Gasteiger partial charge in [0.1, 0.15) is 0 Å². The van der Waals surface area contributed by atoms with Gasteiger partial charge in [-0.1, -0.05) is 61.5 Å². The summed E-state index contributed by atoms with van der Waals surface area (Å²) in [5.41, 5.74) is 2.80. The van der Waals surface area contributed by atoms with Gasteiger partial charge in [-0.3, -0.25) is 4.79 Å². The molecule has 1 atom stereocenters. The highest BCUT2D eigenvalue weighted by Crippen LogP contribution is 2.24. The predicted molar refractivity (Wildman–Crippen MR) is 115 cm³/mol. The number of carbonyl (C=O) groups excluding carboxylic acids is 1. The monoisotopic (exact) mass is 415 g/mol. The lowest BCUT2D eigenvalue weighted by atomic mass is 9.99. The molecule has 1 aromatic heterocycles. The Morgan fingerprint density at radius 2 is 2.00 bits per heavy atom. The van der Waals surface area contributed by atoms with Gasteiger partial charge in [-0.05, 0) is 42.2 Å². The fourth-order valence-electron chi connectivity index (χ4n) is 2.66. The molecule has 3 aromatic rings. The number of thioether (sulfide) groups is 1. The second kappa shape index (κ2) is 9.12. The van der Waals surface area contributed by atoms with Crippen molar-refractivity contribution in [2.24, 2.45) is 0 Å². The summed E-state index contributed by atoms with van der Waals surface area (Å²) >= 11 is 7.24. The van der Waals surface area contributed by atoms with E-state index in [0.717, 1.165) is 17.7 Å². The first-order valence-corrected chi connectivity index (χ1v) is 10.3. The number of benzene rings is 2. The molecular formula is C20H22ClN5OS. The summed E-state index contributed by atoms with van der Waals surface area (Å²) in [5.74, 6) is 7.12. The minimum atomic E-state index is -0.131. The standard InChI is InChI=1S/C20H22ClN5OS/c1-3-13(2)14-7-9-17(10-8-14)23-18(27)12-28-20-25-24-19(26(20)22)15-5-4-6-16(21)11-15/h4-11,13H,3,12,22H2,1-2H3,(H,23,27)/t13-/m0/s1. The van der Waals surface area contributed by atoms with Crippen LogP contribution in [0.4, 0.5) is 5.69 Å². The van der Waals surface area contributed by atoms with E-state index in [1.807, 2.05) is 36.4 Å². The third-order valence-corrected chi connectivity index (χ3v) is 5.63. The van der Waals surface area contributed by atoms with Gasteiger partial charge < -0.3 is 11.2 Å². The molecule has 28 heavy (non-hydrogen) atoms. The second-order valence-electron chi connectivity index (χ2n) is 6.45. The van der Waals surface area contributed by atoms with E-state index in [1.165, 1.54) is 22.0 Å². The summed E-state index contributed by atoms with van der Waals surface area (Å²) in [6.07, 6.45) is 1.08. The largest absolute Gasteiger partial charge is 0.335 e. The maximum Gasteiger partial charge on any atom is 0.234 e. The summed E-state index contributed by atoms with van der Waals surface area (Å²) < 4.78 is 1.37. The molecule has 0 aliphatic heterocycles. The topological polar surface area (TPSA) is 85.8 Å². The molecule has 1 heterocycles. The first-order valence-electron chi connectivity index (χ1n) is 8.97. The maximum absolute atomic E-state index is 12.2. The number of nitrogen functional groups attached to an aromatic ring is 1. The molecule has 0 aliphatic rings. The lowest BCUT2D eigenvalue weighted by Gasteiger charge is -2.10. The van der Waals surface area contributed by atoms with Crippen molar-refractivity contribution in [1.82, 2.24) is 14.9 Å². The van der Waals surface area contributed by atoms with E-state index < -0.39 is 0 Å². The number of nitrogens with two attached hydrogens (primary N) is 1. The van der Waals surface area contributed by atoms with E-state index in [1.54, 1.807) is 12.1 Å². The zero-order valence-corrected chi connectivity index (χ0v) is 17.3. The lowest BCUT2D eigenvalue weighted by molar-refractivity contribution is -0.113. The molecule has 3 N–H and O–H groups in total. The summed E-state index contributed by atoms with van der Waals surface area (Å²) in [6, 6.07) is 15.1. The van der Waals surface area contributed by atoms with Crippen molar-refractivity contribution in [2.75, 3.05) is 16.9 Å². The number of rotatable bonds is 7. The first kappa shape index (κ1) is 20.2. The van der Waals surface area contributed by atoms with Crippen LogP contribution in [-0.4, -0.2) is 26.5 Å². The number of carbonyl (C=O) groups is 1. The molecule has 8 heteroatoms. The van der Waals surface area contributed by atoms with Crippen LogP contribution in [0.5, 0.6) is 0 Å². The van der Waals surface area contributed by atoms with Gasteiger partial charge in [-0.15, -0.1) is 10.2 Å². The van der Waals surface area contributed by atoms with Crippen LogP contribution in [0.1, 0.15) is 31.7 Å². The first-order chi connectivity index (χ1) is 13.5. The summed E-state index contributed by atoms with van der Waals surface area (Å²) in [5, 5.41) is 12.1. The lowest BCUT2D eigenvalue weighted by Crippen LogP contribution is -2.16. The Hall–Kier alpha value is -2.51. The molecule has 6 nitrogen and oxygen atoms in total. The quantitative estimate of drug-likeness (QED) is 0.436. The molecule has 0 aliphatic carbocycles. The molecule has 0 saturated heterocycles. The van der Waals surface area contributed by atoms with Crippen molar-refractivity contribution in [3.05, 3.63) is 59.1 Å². The molecule has 0 fully saturated rings. The van der Waals surface area contributed by atoms with Gasteiger partial charge in [0.25, 0.3) is 0 Å².